The van der Waals surface area contributed by atoms with Gasteiger partial charge in [-0.3, -0.25) is 0 Å². The minimum atomic E-state index is -2.09. The molecule has 0 saturated carbocycles. The van der Waals surface area contributed by atoms with Crippen molar-refractivity contribution < 1.29 is 35.6 Å². The van der Waals surface area contributed by atoms with E-state index in [1.165, 1.54) is 123 Å². The van der Waals surface area contributed by atoms with E-state index in [4.69, 9.17) is 8.22 Å². The van der Waals surface area contributed by atoms with Crippen molar-refractivity contribution in [2.75, 3.05) is 0 Å². The maximum atomic E-state index is 7.58. The number of aromatic nitrogens is 6. The predicted molar refractivity (Wildman–Crippen MR) is 404 cm³/mol. The SMILES string of the molecule is Cc1ccc(-c2cccc(C)[n+]2C)c(C)c1.Cc1cccc(-c2cccc(C)[n+]2C)c1C.Cc1cccc(C)c1-c1c(C)ccc[n+]1C.Cc1cccc(C)c1-c1c(C)ccc[n+]1C.[2H]C([2H])([2H])c1ccc(-c2cccc(C)[n+]2C)c(C)c1.[2H]C([2H])([2H])c1cccc(-c2cccc(C)c2C)[n+]1C. The van der Waals surface area contributed by atoms with Crippen LogP contribution in [0, 0.1) is 124 Å². The highest BCUT2D eigenvalue weighted by atomic mass is 15.0. The monoisotopic (exact) mass is 1280 g/mol. The van der Waals surface area contributed by atoms with Crippen LogP contribution in [0.4, 0.5) is 0 Å². The Bertz CT molecular complexity index is 4620. The van der Waals surface area contributed by atoms with Crippen LogP contribution in [-0.2, 0) is 42.3 Å². The van der Waals surface area contributed by atoms with Crippen LogP contribution >= 0.6 is 0 Å². The van der Waals surface area contributed by atoms with Crippen LogP contribution in [0.25, 0.3) is 67.5 Å². The van der Waals surface area contributed by atoms with Crippen LogP contribution in [0.15, 0.2) is 219 Å². The molecule has 0 unspecified atom stereocenters. The molecule has 0 N–H and O–H groups in total. The van der Waals surface area contributed by atoms with Crippen molar-refractivity contribution in [2.24, 2.45) is 42.3 Å². The number of aryl methyl sites for hydroxylation is 18. The van der Waals surface area contributed by atoms with Gasteiger partial charge >= 0.3 is 0 Å². The Labute approximate surface area is 586 Å². The summed E-state index contributed by atoms with van der Waals surface area (Å²) in [6, 6.07) is 70.3. The molecule has 12 aromatic rings. The van der Waals surface area contributed by atoms with Gasteiger partial charge in [0.05, 0.1) is 11.1 Å². The smallest absolute Gasteiger partial charge is 0.201 e. The van der Waals surface area contributed by atoms with Gasteiger partial charge < -0.3 is 0 Å². The van der Waals surface area contributed by atoms with E-state index >= 15 is 0 Å². The van der Waals surface area contributed by atoms with Gasteiger partial charge in [-0.1, -0.05) is 96.1 Å². The molecule has 96 heavy (non-hydrogen) atoms. The number of rotatable bonds is 6. The van der Waals surface area contributed by atoms with Gasteiger partial charge in [0.1, 0.15) is 42.3 Å². The summed E-state index contributed by atoms with van der Waals surface area (Å²) in [6.45, 7) is 29.9. The lowest BCUT2D eigenvalue weighted by atomic mass is 9.97. The van der Waals surface area contributed by atoms with Gasteiger partial charge in [-0.2, -0.15) is 18.3 Å². The number of benzene rings is 6. The summed E-state index contributed by atoms with van der Waals surface area (Å²) in [4.78, 5) is 0. The zero-order chi connectivity index (χ0) is 75.2. The molecular weight excluding hydrogens is 1170 g/mol. The normalized spacial score (nSPS) is 11.7. The fourth-order valence-electron chi connectivity index (χ4n) is 12.5. The molecule has 0 saturated heterocycles. The number of pyridine rings is 6. The standard InChI is InChI=1S/6C15H18N/c2*1-11-7-5-9-14(13(11)3)15-10-6-8-12(2)16(15)4;2*1-11-7-5-8-12(2)14(11)15-13(3)9-6-10-16(15)4;2*1-11-8-9-14(12(2)10-11)15-7-5-6-13(3)16(15)4/h6*5-10H,1-4H3/q6*+1/i2D3;;;;1D3;. The van der Waals surface area contributed by atoms with Crippen LogP contribution in [-0.4, -0.2) is 0 Å². The summed E-state index contributed by atoms with van der Waals surface area (Å²) in [5.74, 6) is 0. The van der Waals surface area contributed by atoms with Crippen molar-refractivity contribution in [3.63, 3.8) is 0 Å². The molecule has 6 heterocycles. The summed E-state index contributed by atoms with van der Waals surface area (Å²) in [5, 5.41) is 0. The molecule has 6 aromatic heterocycles. The van der Waals surface area contributed by atoms with Crippen LogP contribution in [0.1, 0.15) is 109 Å². The first-order valence-electron chi connectivity index (χ1n) is 36.3. The highest BCUT2D eigenvalue weighted by Crippen LogP contribution is 2.30. The second-order valence-electron chi connectivity index (χ2n) is 25.9. The fraction of sp³-hybridized carbons (Fsp3) is 0.267. The van der Waals surface area contributed by atoms with E-state index in [-0.39, 0.29) is 0 Å². The van der Waals surface area contributed by atoms with Crippen molar-refractivity contribution in [1.29, 1.82) is 0 Å². The van der Waals surface area contributed by atoms with Crippen molar-refractivity contribution >= 4 is 0 Å². The number of nitrogens with zero attached hydrogens (tertiary/aromatic N) is 6. The van der Waals surface area contributed by atoms with E-state index in [9.17, 15) is 0 Å². The van der Waals surface area contributed by atoms with E-state index in [1.807, 2.05) is 50.4 Å². The average Bonchev–Trinajstić information content (AvgIpc) is 0.859. The Balaban J connectivity index is 0.000000172. The van der Waals surface area contributed by atoms with E-state index < -0.39 is 13.7 Å². The zero-order valence-electron chi connectivity index (χ0n) is 67.5. The summed E-state index contributed by atoms with van der Waals surface area (Å²) >= 11 is 0. The fourth-order valence-corrected chi connectivity index (χ4v) is 12.5. The molecule has 0 fully saturated rings. The summed E-state index contributed by atoms with van der Waals surface area (Å²) in [7, 11) is 12.3. The second kappa shape index (κ2) is 33.6. The highest BCUT2D eigenvalue weighted by molar-refractivity contribution is 5.70. The first kappa shape index (κ1) is 64.9. The molecule has 0 aliphatic rings. The highest BCUT2D eigenvalue weighted by Gasteiger charge is 2.21. The molecule has 0 aliphatic carbocycles. The van der Waals surface area contributed by atoms with Gasteiger partial charge in [0.15, 0.2) is 35.2 Å². The van der Waals surface area contributed by atoms with Crippen molar-refractivity contribution in [1.82, 2.24) is 0 Å². The Hall–Kier alpha value is -9.78. The van der Waals surface area contributed by atoms with Crippen LogP contribution < -0.4 is 27.4 Å². The van der Waals surface area contributed by atoms with Gasteiger partial charge in [-0.15, -0.1) is 0 Å². The molecule has 0 amide bonds. The van der Waals surface area contributed by atoms with Crippen LogP contribution in [0.3, 0.4) is 0 Å². The van der Waals surface area contributed by atoms with Crippen molar-refractivity contribution in [3.05, 3.63) is 319 Å². The molecule has 0 radical (unpaired) electrons. The second-order valence-corrected chi connectivity index (χ2v) is 25.9. The van der Waals surface area contributed by atoms with Gasteiger partial charge in [-0.25, -0.2) is 9.13 Å². The van der Waals surface area contributed by atoms with Crippen LogP contribution in [0.2, 0.25) is 0 Å². The Kier molecular flexibility index (Phi) is 22.7. The maximum absolute atomic E-state index is 7.58. The lowest BCUT2D eigenvalue weighted by Gasteiger charge is -2.09. The van der Waals surface area contributed by atoms with E-state index in [2.05, 4.69) is 313 Å². The molecule has 0 spiro atoms. The molecule has 6 nitrogen and oxygen atoms in total. The topological polar surface area (TPSA) is 23.3 Å². The summed E-state index contributed by atoms with van der Waals surface area (Å²) in [5.41, 5.74) is 35.9. The van der Waals surface area contributed by atoms with E-state index in [0.29, 0.717) is 11.3 Å². The summed E-state index contributed by atoms with van der Waals surface area (Å²) < 4.78 is 57.8. The molecule has 0 aliphatic heterocycles. The maximum Gasteiger partial charge on any atom is 0.215 e. The first-order valence-corrected chi connectivity index (χ1v) is 33.3. The molecule has 6 heteroatoms. The molecule has 6 aromatic carbocycles. The number of hydrogen-bond donors (Lipinski definition) is 0. The first-order chi connectivity index (χ1) is 48.0. The van der Waals surface area contributed by atoms with Crippen molar-refractivity contribution in [3.8, 4) is 67.5 Å². The van der Waals surface area contributed by atoms with Gasteiger partial charge in [0.25, 0.3) is 0 Å². The minimum absolute atomic E-state index is 0.353. The number of hydrogen-bond acceptors (Lipinski definition) is 0. The molecule has 0 bridgehead atoms. The molecule has 12 rings (SSSR count). The lowest BCUT2D eigenvalue weighted by Crippen LogP contribution is -2.34. The van der Waals surface area contributed by atoms with Crippen molar-refractivity contribution in [2.45, 2.75) is 124 Å². The quantitative estimate of drug-likeness (QED) is 0.148. The zero-order valence-corrected chi connectivity index (χ0v) is 61.5. The molecular formula is C90H108N6+6. The van der Waals surface area contributed by atoms with Gasteiger partial charge in [-0.05, 0) is 213 Å². The third kappa shape index (κ3) is 18.0. The Morgan fingerprint density at radius 1 is 0.240 bits per heavy atom. The lowest BCUT2D eigenvalue weighted by molar-refractivity contribution is -0.666. The van der Waals surface area contributed by atoms with Crippen LogP contribution in [0.5, 0.6) is 0 Å². The third-order valence-electron chi connectivity index (χ3n) is 18.8. The molecule has 0 atom stereocenters. The largest absolute Gasteiger partial charge is 0.215 e. The van der Waals surface area contributed by atoms with Gasteiger partial charge in [0, 0.05) is 130 Å². The minimum Gasteiger partial charge on any atom is -0.201 e. The average molecular weight is 1280 g/mol. The van der Waals surface area contributed by atoms with E-state index in [0.717, 1.165) is 33.8 Å². The molecule has 492 valence electrons. The van der Waals surface area contributed by atoms with Gasteiger partial charge in [0.2, 0.25) is 34.2 Å². The Morgan fingerprint density at radius 3 is 0.875 bits per heavy atom. The Morgan fingerprint density at radius 2 is 0.531 bits per heavy atom. The van der Waals surface area contributed by atoms with E-state index in [1.54, 1.807) is 35.9 Å². The predicted octanol–water partition coefficient (Wildman–Crippen LogP) is 18.6. The third-order valence-corrected chi connectivity index (χ3v) is 18.8. The summed E-state index contributed by atoms with van der Waals surface area (Å²) in [6.07, 6.45) is 4.21.